The Morgan fingerprint density at radius 1 is 1.47 bits per heavy atom. The van der Waals surface area contributed by atoms with Crippen molar-refractivity contribution < 1.29 is 0 Å². The first-order valence-corrected chi connectivity index (χ1v) is 7.50. The predicted molar refractivity (Wildman–Crippen MR) is 81.9 cm³/mol. The summed E-state index contributed by atoms with van der Waals surface area (Å²) in [7, 11) is 0. The molecule has 1 aromatic rings. The molecule has 0 saturated carbocycles. The predicted octanol–water partition coefficient (Wildman–Crippen LogP) is 3.47. The molecule has 0 aromatic carbocycles. The van der Waals surface area contributed by atoms with Crippen molar-refractivity contribution in [2.24, 2.45) is 5.41 Å². The molecule has 0 aliphatic carbocycles. The van der Waals surface area contributed by atoms with Crippen molar-refractivity contribution in [2.75, 3.05) is 24.5 Å². The van der Waals surface area contributed by atoms with E-state index >= 15 is 0 Å². The number of hydrogen-bond donors (Lipinski definition) is 1. The number of pyridine rings is 1. The highest BCUT2D eigenvalue weighted by molar-refractivity contribution is 6.31. The van der Waals surface area contributed by atoms with E-state index in [0.717, 1.165) is 42.6 Å². The van der Waals surface area contributed by atoms with Crippen LogP contribution in [0.5, 0.6) is 0 Å². The maximum absolute atomic E-state index is 6.21. The smallest absolute Gasteiger partial charge is 0.128 e. The first kappa shape index (κ1) is 14.6. The molecular weight excluding hydrogens is 258 g/mol. The molecule has 0 spiro atoms. The largest absolute Gasteiger partial charge is 0.356 e. The van der Waals surface area contributed by atoms with Crippen LogP contribution in [0, 0.1) is 5.41 Å². The highest BCUT2D eigenvalue weighted by Gasteiger charge is 2.27. The number of anilines is 1. The summed E-state index contributed by atoms with van der Waals surface area (Å²) in [6.07, 6.45) is 4.31. The van der Waals surface area contributed by atoms with Gasteiger partial charge < -0.3 is 10.2 Å². The topological polar surface area (TPSA) is 28.2 Å². The fourth-order valence-electron chi connectivity index (χ4n) is 2.65. The summed E-state index contributed by atoms with van der Waals surface area (Å²) in [4.78, 5) is 6.89. The van der Waals surface area contributed by atoms with Gasteiger partial charge in [0.15, 0.2) is 0 Å². The van der Waals surface area contributed by atoms with Gasteiger partial charge in [-0.15, -0.1) is 0 Å². The first-order chi connectivity index (χ1) is 9.02. The molecular formula is C15H24ClN3. The number of halogens is 1. The fourth-order valence-corrected chi connectivity index (χ4v) is 2.82. The second-order valence-corrected chi connectivity index (χ2v) is 6.51. The zero-order valence-electron chi connectivity index (χ0n) is 12.2. The molecule has 19 heavy (non-hydrogen) atoms. The minimum Gasteiger partial charge on any atom is -0.356 e. The number of piperidine rings is 1. The molecule has 2 heterocycles. The van der Waals surface area contributed by atoms with Gasteiger partial charge in [0.05, 0.1) is 5.02 Å². The van der Waals surface area contributed by atoms with Crippen molar-refractivity contribution in [1.82, 2.24) is 10.3 Å². The minimum atomic E-state index is 0.376. The van der Waals surface area contributed by atoms with Crippen molar-refractivity contribution >= 4 is 17.4 Å². The number of nitrogens with zero attached hydrogens (tertiary/aromatic N) is 2. The summed E-state index contributed by atoms with van der Waals surface area (Å²) >= 11 is 6.21. The molecule has 1 saturated heterocycles. The highest BCUT2D eigenvalue weighted by atomic mass is 35.5. The van der Waals surface area contributed by atoms with E-state index in [4.69, 9.17) is 11.6 Å². The van der Waals surface area contributed by atoms with E-state index in [2.05, 4.69) is 42.0 Å². The molecule has 3 nitrogen and oxygen atoms in total. The monoisotopic (exact) mass is 281 g/mol. The molecule has 1 fully saturated rings. The number of aromatic nitrogens is 1. The van der Waals surface area contributed by atoms with Crippen molar-refractivity contribution in [3.63, 3.8) is 0 Å². The summed E-state index contributed by atoms with van der Waals surface area (Å²) < 4.78 is 0. The Balaban J connectivity index is 2.15. The van der Waals surface area contributed by atoms with E-state index in [9.17, 15) is 0 Å². The fraction of sp³-hybridized carbons (Fsp3) is 0.667. The van der Waals surface area contributed by atoms with Crippen LogP contribution in [0.2, 0.25) is 5.02 Å². The Morgan fingerprint density at radius 3 is 2.95 bits per heavy atom. The van der Waals surface area contributed by atoms with E-state index in [1.807, 2.05) is 0 Å². The van der Waals surface area contributed by atoms with Crippen molar-refractivity contribution in [3.05, 3.63) is 22.8 Å². The van der Waals surface area contributed by atoms with Crippen LogP contribution < -0.4 is 10.2 Å². The van der Waals surface area contributed by atoms with E-state index in [1.165, 1.54) is 12.8 Å². The lowest BCUT2D eigenvalue weighted by Gasteiger charge is -2.38. The molecule has 1 aliphatic rings. The molecule has 0 bridgehead atoms. The van der Waals surface area contributed by atoms with Crippen LogP contribution in [0.15, 0.2) is 12.3 Å². The van der Waals surface area contributed by atoms with E-state index < -0.39 is 0 Å². The molecule has 1 aromatic heterocycles. The minimum absolute atomic E-state index is 0.376. The van der Waals surface area contributed by atoms with Gasteiger partial charge in [-0.2, -0.15) is 0 Å². The maximum Gasteiger partial charge on any atom is 0.128 e. The quantitative estimate of drug-likeness (QED) is 0.916. The average molecular weight is 282 g/mol. The van der Waals surface area contributed by atoms with Crippen molar-refractivity contribution in [2.45, 2.75) is 40.2 Å². The SMILES string of the molecule is CCNCc1cc(N2CCCC(C)(C)C2)ncc1Cl. The summed E-state index contributed by atoms with van der Waals surface area (Å²) in [6, 6.07) is 2.13. The van der Waals surface area contributed by atoms with Gasteiger partial charge in [0.1, 0.15) is 5.82 Å². The second kappa shape index (κ2) is 6.10. The summed E-state index contributed by atoms with van der Waals surface area (Å²) in [6.45, 7) is 10.7. The van der Waals surface area contributed by atoms with E-state index in [0.29, 0.717) is 5.41 Å². The van der Waals surface area contributed by atoms with Crippen LogP contribution in [0.25, 0.3) is 0 Å². The lowest BCUT2D eigenvalue weighted by atomic mass is 9.84. The second-order valence-electron chi connectivity index (χ2n) is 6.10. The average Bonchev–Trinajstić information content (AvgIpc) is 2.36. The third kappa shape index (κ3) is 3.83. The van der Waals surface area contributed by atoms with Crippen LogP contribution in [0.4, 0.5) is 5.82 Å². The highest BCUT2D eigenvalue weighted by Crippen LogP contribution is 2.31. The lowest BCUT2D eigenvalue weighted by molar-refractivity contribution is 0.292. The number of rotatable bonds is 4. The molecule has 1 N–H and O–H groups in total. The molecule has 0 radical (unpaired) electrons. The Morgan fingerprint density at radius 2 is 2.26 bits per heavy atom. The zero-order chi connectivity index (χ0) is 13.9. The maximum atomic E-state index is 6.21. The van der Waals surface area contributed by atoms with Crippen LogP contribution in [-0.2, 0) is 6.54 Å². The molecule has 106 valence electrons. The standard InChI is InChI=1S/C15H24ClN3/c1-4-17-9-12-8-14(18-10-13(12)16)19-7-5-6-15(2,3)11-19/h8,10,17H,4-7,9,11H2,1-3H3. The van der Waals surface area contributed by atoms with Crippen LogP contribution in [0.3, 0.4) is 0 Å². The summed E-state index contributed by atoms with van der Waals surface area (Å²) in [5, 5.41) is 4.07. The third-order valence-electron chi connectivity index (χ3n) is 3.71. The van der Waals surface area contributed by atoms with Crippen LogP contribution in [-0.4, -0.2) is 24.6 Å². The Hall–Kier alpha value is -0.800. The van der Waals surface area contributed by atoms with Gasteiger partial charge in [-0.25, -0.2) is 4.98 Å². The van der Waals surface area contributed by atoms with E-state index in [1.54, 1.807) is 6.20 Å². The molecule has 2 rings (SSSR count). The molecule has 0 atom stereocenters. The summed E-state index contributed by atoms with van der Waals surface area (Å²) in [5.74, 6) is 1.06. The molecule has 0 unspecified atom stereocenters. The Kier molecular flexibility index (Phi) is 4.69. The Bertz CT molecular complexity index is 431. The van der Waals surface area contributed by atoms with Crippen molar-refractivity contribution in [3.8, 4) is 0 Å². The number of hydrogen-bond acceptors (Lipinski definition) is 3. The lowest BCUT2D eigenvalue weighted by Crippen LogP contribution is -2.40. The molecule has 0 amide bonds. The van der Waals surface area contributed by atoms with Crippen LogP contribution >= 0.6 is 11.6 Å². The van der Waals surface area contributed by atoms with Gasteiger partial charge >= 0.3 is 0 Å². The van der Waals surface area contributed by atoms with Gasteiger partial charge in [0.25, 0.3) is 0 Å². The summed E-state index contributed by atoms with van der Waals surface area (Å²) in [5.41, 5.74) is 1.51. The Labute approximate surface area is 121 Å². The van der Waals surface area contributed by atoms with Gasteiger partial charge in [-0.3, -0.25) is 0 Å². The van der Waals surface area contributed by atoms with Gasteiger partial charge in [-0.1, -0.05) is 32.4 Å². The van der Waals surface area contributed by atoms with Gasteiger partial charge in [0, 0.05) is 25.8 Å². The number of nitrogens with one attached hydrogen (secondary N) is 1. The van der Waals surface area contributed by atoms with Crippen LogP contribution in [0.1, 0.15) is 39.2 Å². The van der Waals surface area contributed by atoms with Crippen molar-refractivity contribution in [1.29, 1.82) is 0 Å². The molecule has 4 heteroatoms. The first-order valence-electron chi connectivity index (χ1n) is 7.12. The third-order valence-corrected chi connectivity index (χ3v) is 4.05. The van der Waals surface area contributed by atoms with Gasteiger partial charge in [-0.05, 0) is 36.4 Å². The van der Waals surface area contributed by atoms with E-state index in [-0.39, 0.29) is 0 Å². The van der Waals surface area contributed by atoms with Gasteiger partial charge in [0.2, 0.25) is 0 Å². The normalized spacial score (nSPS) is 18.6. The molecule has 1 aliphatic heterocycles. The zero-order valence-corrected chi connectivity index (χ0v) is 12.9.